The van der Waals surface area contributed by atoms with Crippen molar-refractivity contribution in [2.75, 3.05) is 4.90 Å². The molecule has 1 heterocycles. The van der Waals surface area contributed by atoms with E-state index >= 15 is 0 Å². The smallest absolute Gasteiger partial charge is 0.137 e. The summed E-state index contributed by atoms with van der Waals surface area (Å²) in [7, 11) is 0. The number of para-hydroxylation sites is 1. The average molecular weight is 638 g/mol. The van der Waals surface area contributed by atoms with Crippen molar-refractivity contribution in [1.29, 1.82) is 0 Å². The van der Waals surface area contributed by atoms with Gasteiger partial charge < -0.3 is 9.32 Å². The van der Waals surface area contributed by atoms with Gasteiger partial charge in [-0.1, -0.05) is 133 Å². The van der Waals surface area contributed by atoms with E-state index in [-0.39, 0.29) is 0 Å². The molecule has 2 nitrogen and oxygen atoms in total. The molecule has 0 fully saturated rings. The second-order valence-electron chi connectivity index (χ2n) is 12.9. The largest absolute Gasteiger partial charge is 0.456 e. The second kappa shape index (κ2) is 11.5. The minimum Gasteiger partial charge on any atom is -0.456 e. The van der Waals surface area contributed by atoms with Gasteiger partial charge in [0.05, 0.1) is 11.1 Å². The van der Waals surface area contributed by atoms with E-state index in [0.29, 0.717) is 0 Å². The number of nitrogens with zero attached hydrogens (tertiary/aromatic N) is 1. The molecular formula is C48H31NO. The highest BCUT2D eigenvalue weighted by Crippen LogP contribution is 2.45. The van der Waals surface area contributed by atoms with Gasteiger partial charge in [0, 0.05) is 16.8 Å². The summed E-state index contributed by atoms with van der Waals surface area (Å²) < 4.78 is 6.38. The van der Waals surface area contributed by atoms with Crippen molar-refractivity contribution in [3.8, 4) is 22.3 Å². The lowest BCUT2D eigenvalue weighted by molar-refractivity contribution is 0.669. The van der Waals surface area contributed by atoms with Crippen LogP contribution in [0.25, 0.3) is 76.5 Å². The first kappa shape index (κ1) is 28.4. The third kappa shape index (κ3) is 4.65. The highest BCUT2D eigenvalue weighted by Gasteiger charge is 2.20. The Morgan fingerprint density at radius 2 is 1.00 bits per heavy atom. The van der Waals surface area contributed by atoms with E-state index < -0.39 is 0 Å². The first-order valence-corrected chi connectivity index (χ1v) is 17.1. The van der Waals surface area contributed by atoms with Crippen molar-refractivity contribution >= 4 is 71.3 Å². The first-order chi connectivity index (χ1) is 24.8. The maximum absolute atomic E-state index is 6.38. The number of benzene rings is 9. The van der Waals surface area contributed by atoms with Gasteiger partial charge >= 0.3 is 0 Å². The third-order valence-electron chi connectivity index (χ3n) is 10.0. The van der Waals surface area contributed by atoms with Gasteiger partial charge in [-0.25, -0.2) is 0 Å². The molecule has 2 heteroatoms. The van der Waals surface area contributed by atoms with Gasteiger partial charge in [-0.2, -0.15) is 0 Å². The molecule has 0 unspecified atom stereocenters. The fraction of sp³-hybridized carbons (Fsp3) is 0. The number of anilines is 3. The molecule has 0 saturated heterocycles. The molecule has 0 radical (unpaired) electrons. The van der Waals surface area contributed by atoms with Crippen molar-refractivity contribution in [2.24, 2.45) is 0 Å². The summed E-state index contributed by atoms with van der Waals surface area (Å²) in [6, 6.07) is 67.6. The number of hydrogen-bond acceptors (Lipinski definition) is 2. The summed E-state index contributed by atoms with van der Waals surface area (Å²) in [6.45, 7) is 0. The quantitative estimate of drug-likeness (QED) is 0.175. The lowest BCUT2D eigenvalue weighted by atomic mass is 9.93. The Labute approximate surface area is 290 Å². The van der Waals surface area contributed by atoms with Crippen LogP contribution < -0.4 is 4.90 Å². The summed E-state index contributed by atoms with van der Waals surface area (Å²) in [6.07, 6.45) is 0. The van der Waals surface area contributed by atoms with Crippen LogP contribution in [0, 0.1) is 0 Å². The van der Waals surface area contributed by atoms with Crippen molar-refractivity contribution in [1.82, 2.24) is 0 Å². The molecule has 1 aromatic heterocycles. The summed E-state index contributed by atoms with van der Waals surface area (Å²) >= 11 is 0. The first-order valence-electron chi connectivity index (χ1n) is 17.1. The van der Waals surface area contributed by atoms with Crippen LogP contribution in [-0.4, -0.2) is 0 Å². The molecule has 0 N–H and O–H groups in total. The number of rotatable bonds is 5. The van der Waals surface area contributed by atoms with Crippen LogP contribution in [-0.2, 0) is 0 Å². The predicted molar refractivity (Wildman–Crippen MR) is 212 cm³/mol. The molecule has 9 aromatic carbocycles. The lowest BCUT2D eigenvalue weighted by Crippen LogP contribution is -2.10. The van der Waals surface area contributed by atoms with Crippen LogP contribution in [0.1, 0.15) is 0 Å². The Balaban J connectivity index is 1.17. The average Bonchev–Trinajstić information content (AvgIpc) is 3.57. The zero-order valence-corrected chi connectivity index (χ0v) is 27.3. The standard InChI is InChI=1S/C48H31NO/c1-2-12-34-29-35(24-23-32(34)11-1)33-25-27-38(28-26-33)49(45-20-10-22-47-48(45)43-19-7-8-21-46(43)50-47)39-15-9-14-36(30-39)44-31-37-13-3-4-16-40(37)41-17-5-6-18-42(41)44/h1-31H. The minimum atomic E-state index is 0.873. The second-order valence-corrected chi connectivity index (χ2v) is 12.9. The van der Waals surface area contributed by atoms with Crippen LogP contribution in [0.15, 0.2) is 192 Å². The van der Waals surface area contributed by atoms with Gasteiger partial charge in [-0.05, 0) is 109 Å². The molecule has 0 spiro atoms. The zero-order valence-electron chi connectivity index (χ0n) is 27.3. The van der Waals surface area contributed by atoms with Gasteiger partial charge in [-0.3, -0.25) is 0 Å². The fourth-order valence-corrected chi connectivity index (χ4v) is 7.65. The third-order valence-corrected chi connectivity index (χ3v) is 10.0. The Bertz CT molecular complexity index is 2880. The van der Waals surface area contributed by atoms with E-state index in [1.54, 1.807) is 0 Å². The number of furan rings is 1. The number of fused-ring (bicyclic) bond motifs is 7. The van der Waals surface area contributed by atoms with Crippen molar-refractivity contribution in [3.63, 3.8) is 0 Å². The van der Waals surface area contributed by atoms with Crippen LogP contribution in [0.4, 0.5) is 17.1 Å². The van der Waals surface area contributed by atoms with Gasteiger partial charge in [0.25, 0.3) is 0 Å². The summed E-state index contributed by atoms with van der Waals surface area (Å²) in [5, 5.41) is 9.72. The molecule has 50 heavy (non-hydrogen) atoms. The topological polar surface area (TPSA) is 16.4 Å². The minimum absolute atomic E-state index is 0.873. The van der Waals surface area contributed by atoms with Gasteiger partial charge in [-0.15, -0.1) is 0 Å². The lowest BCUT2D eigenvalue weighted by Gasteiger charge is -2.27. The molecule has 0 aliphatic heterocycles. The summed E-state index contributed by atoms with van der Waals surface area (Å²) in [5.74, 6) is 0. The van der Waals surface area contributed by atoms with E-state index in [9.17, 15) is 0 Å². The van der Waals surface area contributed by atoms with Crippen LogP contribution in [0.3, 0.4) is 0 Å². The van der Waals surface area contributed by atoms with Gasteiger partial charge in [0.15, 0.2) is 0 Å². The van der Waals surface area contributed by atoms with Crippen molar-refractivity contribution in [2.45, 2.75) is 0 Å². The highest BCUT2D eigenvalue weighted by atomic mass is 16.3. The molecule has 0 aliphatic carbocycles. The van der Waals surface area contributed by atoms with Crippen LogP contribution in [0.5, 0.6) is 0 Å². The van der Waals surface area contributed by atoms with E-state index in [2.05, 4.69) is 181 Å². The normalized spacial score (nSPS) is 11.6. The van der Waals surface area contributed by atoms with Crippen molar-refractivity contribution in [3.05, 3.63) is 188 Å². The predicted octanol–water partition coefficient (Wildman–Crippen LogP) is 13.8. The van der Waals surface area contributed by atoms with Crippen LogP contribution >= 0.6 is 0 Å². The monoisotopic (exact) mass is 637 g/mol. The SMILES string of the molecule is c1cc(-c2cc3ccccc3c3ccccc23)cc(N(c2ccc(-c3ccc4ccccc4c3)cc2)c2cccc3oc4ccccc4c23)c1. The molecule has 0 atom stereocenters. The Kier molecular flexibility index (Phi) is 6.53. The molecule has 0 saturated carbocycles. The van der Waals surface area contributed by atoms with E-state index in [1.807, 2.05) is 12.1 Å². The Morgan fingerprint density at radius 3 is 1.86 bits per heavy atom. The van der Waals surface area contributed by atoms with Gasteiger partial charge in [0.2, 0.25) is 0 Å². The van der Waals surface area contributed by atoms with Crippen molar-refractivity contribution < 1.29 is 4.42 Å². The Hall–Kier alpha value is -6.64. The molecule has 0 bridgehead atoms. The Morgan fingerprint density at radius 1 is 0.340 bits per heavy atom. The highest BCUT2D eigenvalue weighted by molar-refractivity contribution is 6.15. The number of hydrogen-bond donors (Lipinski definition) is 0. The van der Waals surface area contributed by atoms with Crippen LogP contribution in [0.2, 0.25) is 0 Å². The van der Waals surface area contributed by atoms with E-state index in [1.165, 1.54) is 54.6 Å². The van der Waals surface area contributed by atoms with E-state index in [4.69, 9.17) is 4.42 Å². The molecule has 0 aliphatic rings. The summed E-state index contributed by atoms with van der Waals surface area (Å²) in [4.78, 5) is 2.38. The van der Waals surface area contributed by atoms with Gasteiger partial charge in [0.1, 0.15) is 11.2 Å². The van der Waals surface area contributed by atoms with E-state index in [0.717, 1.165) is 39.0 Å². The maximum atomic E-state index is 6.38. The zero-order chi connectivity index (χ0) is 33.0. The molecule has 0 amide bonds. The molecule has 234 valence electrons. The fourth-order valence-electron chi connectivity index (χ4n) is 7.65. The summed E-state index contributed by atoms with van der Waals surface area (Å²) in [5.41, 5.74) is 9.77. The maximum Gasteiger partial charge on any atom is 0.137 e. The molecular weight excluding hydrogens is 607 g/mol. The molecule has 10 rings (SSSR count). The molecule has 10 aromatic rings.